The molecule has 82 valence electrons. The summed E-state index contributed by atoms with van der Waals surface area (Å²) >= 11 is 0. The highest BCUT2D eigenvalue weighted by Crippen LogP contribution is 1.96. The molecule has 0 N–H and O–H groups in total. The summed E-state index contributed by atoms with van der Waals surface area (Å²) in [4.78, 5) is 9.14. The molecule has 1 unspecified atom stereocenters. The summed E-state index contributed by atoms with van der Waals surface area (Å²) in [5.41, 5.74) is 0. The van der Waals surface area contributed by atoms with Crippen molar-refractivity contribution in [3.63, 3.8) is 0 Å². The second-order valence-electron chi connectivity index (χ2n) is 3.47. The third kappa shape index (κ3) is 22.5. The summed E-state index contributed by atoms with van der Waals surface area (Å²) in [7, 11) is 5.58. The SMILES string of the molecule is C=CC(=O)[O-].C[N+](C)(C)CCO[PH+]=O. The second kappa shape index (κ2) is 8.81. The van der Waals surface area contributed by atoms with E-state index in [1.165, 1.54) is 0 Å². The van der Waals surface area contributed by atoms with E-state index in [0.29, 0.717) is 6.61 Å². The quantitative estimate of drug-likeness (QED) is 0.274. The van der Waals surface area contributed by atoms with Crippen molar-refractivity contribution in [1.29, 1.82) is 0 Å². The predicted octanol–water partition coefficient (Wildman–Crippen LogP) is -0.430. The molecule has 0 bridgehead atoms. The molecule has 0 aliphatic carbocycles. The van der Waals surface area contributed by atoms with Crippen LogP contribution in [0.3, 0.4) is 0 Å². The van der Waals surface area contributed by atoms with Gasteiger partial charge in [0.1, 0.15) is 6.54 Å². The molecule has 0 aliphatic rings. The zero-order chi connectivity index (χ0) is 11.6. The minimum atomic E-state index is -1.23. The molecule has 0 fully saturated rings. The van der Waals surface area contributed by atoms with E-state index in [9.17, 15) is 4.57 Å². The van der Waals surface area contributed by atoms with Crippen LogP contribution in [0.5, 0.6) is 0 Å². The van der Waals surface area contributed by atoms with Gasteiger partial charge in [0.2, 0.25) is 0 Å². The van der Waals surface area contributed by atoms with Crippen molar-refractivity contribution in [3.8, 4) is 0 Å². The topological polar surface area (TPSA) is 66.4 Å². The normalized spacial score (nSPS) is 10.2. The fourth-order valence-electron chi connectivity index (χ4n) is 0.361. The van der Waals surface area contributed by atoms with Gasteiger partial charge >= 0.3 is 8.69 Å². The van der Waals surface area contributed by atoms with Gasteiger partial charge in [0.25, 0.3) is 0 Å². The molecule has 5 nitrogen and oxygen atoms in total. The zero-order valence-corrected chi connectivity index (χ0v) is 9.78. The third-order valence-corrected chi connectivity index (χ3v) is 1.41. The molecule has 6 heteroatoms. The minimum absolute atomic E-state index is 0.575. The van der Waals surface area contributed by atoms with E-state index in [-0.39, 0.29) is 0 Å². The lowest BCUT2D eigenvalue weighted by Gasteiger charge is -2.21. The van der Waals surface area contributed by atoms with E-state index in [0.717, 1.165) is 17.1 Å². The number of carboxylic acid groups (broad SMARTS) is 1. The van der Waals surface area contributed by atoms with Crippen LogP contribution in [0.25, 0.3) is 0 Å². The van der Waals surface area contributed by atoms with Crippen LogP contribution in [0.15, 0.2) is 12.7 Å². The van der Waals surface area contributed by atoms with Crippen LogP contribution < -0.4 is 5.11 Å². The highest BCUT2D eigenvalue weighted by atomic mass is 31.1. The first-order valence-corrected chi connectivity index (χ1v) is 4.78. The van der Waals surface area contributed by atoms with Gasteiger partial charge < -0.3 is 14.4 Å². The standard InChI is InChI=1S/C5H14NO2P.C3H4O2/c1-6(2,3)4-5-8-9-7;1-2-3(4)5/h9H,4-5H2,1-3H3;2H,1H2,(H,4,5)/q+2;/p-1. The van der Waals surface area contributed by atoms with Gasteiger partial charge in [0, 0.05) is 0 Å². The van der Waals surface area contributed by atoms with Crippen LogP contribution in [0.1, 0.15) is 0 Å². The summed E-state index contributed by atoms with van der Waals surface area (Å²) in [6.07, 6.45) is 0.722. The molecule has 0 saturated heterocycles. The smallest absolute Gasteiger partial charge is 0.494 e. The van der Waals surface area contributed by atoms with E-state index in [4.69, 9.17) is 9.90 Å². The number of rotatable bonds is 5. The molecule has 1 atom stereocenters. The highest BCUT2D eigenvalue weighted by Gasteiger charge is 2.06. The zero-order valence-electron chi connectivity index (χ0n) is 8.78. The number of carbonyl (C=O) groups excluding carboxylic acids is 1. The minimum Gasteiger partial charge on any atom is -0.545 e. The van der Waals surface area contributed by atoms with Crippen LogP contribution in [0, 0.1) is 0 Å². The Kier molecular flexibility index (Phi) is 9.88. The van der Waals surface area contributed by atoms with Crippen molar-refractivity contribution < 1.29 is 23.5 Å². The van der Waals surface area contributed by atoms with Crippen LogP contribution in [0.2, 0.25) is 0 Å². The van der Waals surface area contributed by atoms with Crippen molar-refractivity contribution in [2.75, 3.05) is 34.3 Å². The maximum absolute atomic E-state index is 9.81. The molecule has 0 spiro atoms. The third-order valence-electron chi connectivity index (χ3n) is 1.09. The van der Waals surface area contributed by atoms with Gasteiger partial charge in [0.05, 0.1) is 27.1 Å². The molecule has 0 aromatic rings. The van der Waals surface area contributed by atoms with Crippen LogP contribution in [-0.4, -0.2) is 44.7 Å². The fraction of sp³-hybridized carbons (Fsp3) is 0.625. The second-order valence-corrected chi connectivity index (χ2v) is 3.92. The van der Waals surface area contributed by atoms with Crippen molar-refractivity contribution in [2.45, 2.75) is 0 Å². The first-order valence-electron chi connectivity index (χ1n) is 3.96. The van der Waals surface area contributed by atoms with Gasteiger partial charge in [-0.05, 0) is 10.6 Å². The lowest BCUT2D eigenvalue weighted by Crippen LogP contribution is -2.37. The van der Waals surface area contributed by atoms with Gasteiger partial charge in [-0.25, -0.2) is 0 Å². The van der Waals surface area contributed by atoms with Crippen molar-refractivity contribution in [3.05, 3.63) is 12.7 Å². The van der Waals surface area contributed by atoms with E-state index in [1.807, 2.05) is 0 Å². The Hall–Kier alpha value is -0.770. The Morgan fingerprint density at radius 2 is 2.00 bits per heavy atom. The fourth-order valence-corrected chi connectivity index (χ4v) is 0.536. The van der Waals surface area contributed by atoms with Crippen molar-refractivity contribution in [1.82, 2.24) is 0 Å². The number of hydrogen-bond donors (Lipinski definition) is 0. The average Bonchev–Trinajstić information content (AvgIpc) is 2.04. The van der Waals surface area contributed by atoms with Crippen LogP contribution in [-0.2, 0) is 13.9 Å². The molecular formula is C8H17NO4P+. The lowest BCUT2D eigenvalue weighted by molar-refractivity contribution is -0.870. The van der Waals surface area contributed by atoms with Crippen LogP contribution >= 0.6 is 8.69 Å². The molecule has 0 aromatic carbocycles. The van der Waals surface area contributed by atoms with Gasteiger partial charge in [-0.1, -0.05) is 6.58 Å². The van der Waals surface area contributed by atoms with Gasteiger partial charge in [0.15, 0.2) is 6.61 Å². The molecule has 14 heavy (non-hydrogen) atoms. The van der Waals surface area contributed by atoms with Crippen molar-refractivity contribution in [2.24, 2.45) is 0 Å². The summed E-state index contributed by atoms with van der Waals surface area (Å²) in [6, 6.07) is 0. The van der Waals surface area contributed by atoms with E-state index >= 15 is 0 Å². The number of nitrogens with zero attached hydrogens (tertiary/aromatic N) is 1. The lowest BCUT2D eigenvalue weighted by atomic mass is 10.5. The first-order chi connectivity index (χ1) is 6.33. The van der Waals surface area contributed by atoms with E-state index in [1.54, 1.807) is 0 Å². The Bertz CT molecular complexity index is 188. The molecule has 0 radical (unpaired) electrons. The largest absolute Gasteiger partial charge is 0.545 e. The first kappa shape index (κ1) is 15.7. The number of quaternary nitrogens is 1. The molecule has 0 aliphatic heterocycles. The maximum atomic E-state index is 9.81. The Balaban J connectivity index is 0. The van der Waals surface area contributed by atoms with E-state index < -0.39 is 14.7 Å². The summed E-state index contributed by atoms with van der Waals surface area (Å²) in [5, 5.41) is 9.14. The maximum Gasteiger partial charge on any atom is 0.494 e. The molecule has 0 amide bonds. The number of carbonyl (C=O) groups is 1. The van der Waals surface area contributed by atoms with Gasteiger partial charge in [-0.15, -0.1) is 4.52 Å². The Labute approximate surface area is 85.9 Å². The Morgan fingerprint density at radius 1 is 1.57 bits per heavy atom. The Morgan fingerprint density at radius 3 is 2.21 bits per heavy atom. The highest BCUT2D eigenvalue weighted by molar-refractivity contribution is 7.17. The molecule has 0 rings (SSSR count). The molecule has 0 aromatic heterocycles. The number of likely N-dealkylation sites (N-methyl/N-ethyl adjacent to an activating group) is 1. The van der Waals surface area contributed by atoms with E-state index in [2.05, 4.69) is 32.2 Å². The number of hydrogen-bond acceptors (Lipinski definition) is 4. The van der Waals surface area contributed by atoms with Gasteiger partial charge in [-0.2, -0.15) is 0 Å². The van der Waals surface area contributed by atoms with Crippen LogP contribution in [0.4, 0.5) is 0 Å². The number of aliphatic carboxylic acids is 1. The average molecular weight is 222 g/mol. The summed E-state index contributed by atoms with van der Waals surface area (Å²) in [5.74, 6) is -1.23. The van der Waals surface area contributed by atoms with Gasteiger partial charge in [-0.3, -0.25) is 0 Å². The summed E-state index contributed by atoms with van der Waals surface area (Å²) in [6.45, 7) is 4.37. The monoisotopic (exact) mass is 222 g/mol. The predicted molar refractivity (Wildman–Crippen MR) is 53.1 cm³/mol. The molecular weight excluding hydrogens is 205 g/mol. The number of carboxylic acids is 1. The molecule has 0 saturated carbocycles. The van der Waals surface area contributed by atoms with Crippen molar-refractivity contribution >= 4 is 14.7 Å². The molecule has 0 heterocycles. The summed E-state index contributed by atoms with van der Waals surface area (Å²) < 4.78 is 15.3.